The van der Waals surface area contributed by atoms with E-state index >= 15 is 0 Å². The quantitative estimate of drug-likeness (QED) is 0.430. The van der Waals surface area contributed by atoms with E-state index < -0.39 is 0 Å². The van der Waals surface area contributed by atoms with Gasteiger partial charge in [-0.3, -0.25) is 4.90 Å². The van der Waals surface area contributed by atoms with Gasteiger partial charge in [0.05, 0.1) is 13.1 Å². The van der Waals surface area contributed by atoms with Crippen molar-refractivity contribution < 1.29 is 5.06 Å². The summed E-state index contributed by atoms with van der Waals surface area (Å²) in [6.07, 6.45) is 0. The Labute approximate surface area is 49.5 Å². The Morgan fingerprint density at radius 1 is 1.75 bits per heavy atom. The zero-order valence-electron chi connectivity index (χ0n) is 5.18. The molecule has 1 saturated heterocycles. The van der Waals surface area contributed by atoms with Crippen molar-refractivity contribution in [2.75, 3.05) is 26.3 Å². The summed E-state index contributed by atoms with van der Waals surface area (Å²) in [5.74, 6) is 0. The first-order valence-electron chi connectivity index (χ1n) is 3.07. The van der Waals surface area contributed by atoms with Crippen LogP contribution in [0, 0.1) is 5.21 Å². The van der Waals surface area contributed by atoms with Gasteiger partial charge in [-0.1, -0.05) is 6.92 Å². The summed E-state index contributed by atoms with van der Waals surface area (Å²) in [6, 6.07) is 0. The van der Waals surface area contributed by atoms with Crippen LogP contribution in [-0.4, -0.2) is 31.2 Å². The molecule has 8 heavy (non-hydrogen) atoms. The van der Waals surface area contributed by atoms with Crippen molar-refractivity contribution in [3.05, 3.63) is 5.21 Å². The Bertz CT molecular complexity index is 76.8. The number of hydroxylamine groups is 2. The maximum absolute atomic E-state index is 10.6. The summed E-state index contributed by atoms with van der Waals surface area (Å²) in [7, 11) is 0. The van der Waals surface area contributed by atoms with Crippen LogP contribution in [0.25, 0.3) is 0 Å². The minimum absolute atomic E-state index is 0.395. The lowest BCUT2D eigenvalue weighted by molar-refractivity contribution is -0.839. The number of nitrogens with one attached hydrogen (secondary N) is 1. The van der Waals surface area contributed by atoms with Crippen LogP contribution in [0.15, 0.2) is 0 Å². The van der Waals surface area contributed by atoms with E-state index in [0.717, 1.165) is 19.6 Å². The Kier molecular flexibility index (Phi) is 1.83. The smallest absolute Gasteiger partial charge is 0.133 e. The number of hydrogen-bond acceptors (Lipinski definition) is 2. The Morgan fingerprint density at radius 2 is 2.50 bits per heavy atom. The first-order valence-corrected chi connectivity index (χ1v) is 3.07. The fourth-order valence-corrected chi connectivity index (χ4v) is 0.960. The van der Waals surface area contributed by atoms with Gasteiger partial charge in [0.1, 0.15) is 6.67 Å². The molecule has 1 heterocycles. The van der Waals surface area contributed by atoms with Crippen LogP contribution in [0.5, 0.6) is 0 Å². The number of rotatable bonds is 1. The normalized spacial score (nSPS) is 31.5. The summed E-state index contributed by atoms with van der Waals surface area (Å²) in [4.78, 5) is 2.16. The minimum Gasteiger partial charge on any atom is -0.633 e. The maximum Gasteiger partial charge on any atom is 0.133 e. The number of quaternary nitrogens is 1. The molecule has 0 saturated carbocycles. The van der Waals surface area contributed by atoms with Gasteiger partial charge in [0.15, 0.2) is 0 Å². The highest BCUT2D eigenvalue weighted by Gasteiger charge is 2.14. The molecule has 0 bridgehead atoms. The van der Waals surface area contributed by atoms with Crippen molar-refractivity contribution in [1.82, 2.24) is 4.90 Å². The second-order valence-electron chi connectivity index (χ2n) is 2.16. The lowest BCUT2D eigenvalue weighted by Crippen LogP contribution is -3.05. The zero-order valence-corrected chi connectivity index (χ0v) is 5.18. The van der Waals surface area contributed by atoms with Crippen molar-refractivity contribution in [3.8, 4) is 0 Å². The van der Waals surface area contributed by atoms with Crippen LogP contribution in [0.4, 0.5) is 0 Å². The molecule has 0 amide bonds. The molecule has 3 heteroatoms. The third-order valence-corrected chi connectivity index (χ3v) is 1.55. The fraction of sp³-hybridized carbons (Fsp3) is 1.00. The van der Waals surface area contributed by atoms with Crippen LogP contribution < -0.4 is 5.06 Å². The van der Waals surface area contributed by atoms with E-state index in [4.69, 9.17) is 0 Å². The van der Waals surface area contributed by atoms with E-state index in [1.54, 1.807) is 0 Å². The minimum atomic E-state index is 0.395. The van der Waals surface area contributed by atoms with Crippen LogP contribution in [0.3, 0.4) is 0 Å². The molecule has 3 nitrogen and oxygen atoms in total. The predicted octanol–water partition coefficient (Wildman–Crippen LogP) is -1.34. The van der Waals surface area contributed by atoms with E-state index in [9.17, 15) is 5.21 Å². The Hall–Kier alpha value is -0.120. The molecule has 48 valence electrons. The van der Waals surface area contributed by atoms with Crippen LogP contribution >= 0.6 is 0 Å². The first-order chi connectivity index (χ1) is 3.83. The highest BCUT2D eigenvalue weighted by molar-refractivity contribution is 4.52. The average Bonchev–Trinajstić information content (AvgIpc) is 2.14. The van der Waals surface area contributed by atoms with Gasteiger partial charge in [-0.15, -0.1) is 0 Å². The summed E-state index contributed by atoms with van der Waals surface area (Å²) < 4.78 is 0. The average molecular weight is 116 g/mol. The molecular weight excluding hydrogens is 104 g/mol. The third kappa shape index (κ3) is 1.18. The fourth-order valence-electron chi connectivity index (χ4n) is 0.960. The van der Waals surface area contributed by atoms with E-state index in [2.05, 4.69) is 11.8 Å². The van der Waals surface area contributed by atoms with Gasteiger partial charge < -0.3 is 10.3 Å². The summed E-state index contributed by atoms with van der Waals surface area (Å²) in [5.41, 5.74) is 0. The van der Waals surface area contributed by atoms with Gasteiger partial charge in [0.2, 0.25) is 0 Å². The zero-order chi connectivity index (χ0) is 5.98. The van der Waals surface area contributed by atoms with Crippen molar-refractivity contribution in [3.63, 3.8) is 0 Å². The van der Waals surface area contributed by atoms with E-state index in [1.807, 2.05) is 0 Å². The van der Waals surface area contributed by atoms with Gasteiger partial charge >= 0.3 is 0 Å². The largest absolute Gasteiger partial charge is 0.633 e. The molecule has 0 aromatic rings. The summed E-state index contributed by atoms with van der Waals surface area (Å²) >= 11 is 0. The molecule has 1 fully saturated rings. The van der Waals surface area contributed by atoms with E-state index in [1.165, 1.54) is 0 Å². The molecule has 0 spiro atoms. The second kappa shape index (κ2) is 2.44. The van der Waals surface area contributed by atoms with Crippen molar-refractivity contribution in [1.29, 1.82) is 0 Å². The van der Waals surface area contributed by atoms with Gasteiger partial charge in [-0.05, 0) is 0 Å². The molecule has 0 radical (unpaired) electrons. The van der Waals surface area contributed by atoms with Gasteiger partial charge in [-0.2, -0.15) is 0 Å². The topological polar surface area (TPSA) is 30.7 Å². The van der Waals surface area contributed by atoms with Crippen molar-refractivity contribution in [2.45, 2.75) is 6.92 Å². The molecule has 0 aliphatic carbocycles. The maximum atomic E-state index is 10.6. The van der Waals surface area contributed by atoms with Crippen LogP contribution in [0.2, 0.25) is 0 Å². The molecule has 1 atom stereocenters. The Morgan fingerprint density at radius 3 is 2.75 bits per heavy atom. The van der Waals surface area contributed by atoms with E-state index in [-0.39, 0.29) is 0 Å². The SMILES string of the molecule is CCN1CC[NH+]([O-])C1. The highest BCUT2D eigenvalue weighted by Crippen LogP contribution is 1.83. The lowest BCUT2D eigenvalue weighted by atomic mass is 10.6. The number of likely N-dealkylation sites (N-methyl/N-ethyl adjacent to an activating group) is 1. The molecule has 0 aromatic carbocycles. The standard InChI is InChI=1S/C5H12N2O/c1-2-6-3-4-7(8)5-6/h7H,2-5H2,1H3. The number of nitrogens with zero attached hydrogens (tertiary/aromatic N) is 1. The first kappa shape index (κ1) is 6.01. The summed E-state index contributed by atoms with van der Waals surface area (Å²) in [5, 5.41) is 11.0. The number of hydrogen-bond donors (Lipinski definition) is 1. The van der Waals surface area contributed by atoms with Gasteiger partial charge in [-0.25, -0.2) is 0 Å². The molecular formula is C5H12N2O. The monoisotopic (exact) mass is 116 g/mol. The van der Waals surface area contributed by atoms with Crippen molar-refractivity contribution in [2.24, 2.45) is 0 Å². The van der Waals surface area contributed by atoms with Crippen molar-refractivity contribution >= 4 is 0 Å². The molecule has 1 aliphatic rings. The highest BCUT2D eigenvalue weighted by atomic mass is 16.5. The molecule has 1 rings (SSSR count). The predicted molar refractivity (Wildman–Crippen MR) is 31.3 cm³/mol. The molecule has 1 unspecified atom stereocenters. The Balaban J connectivity index is 2.22. The lowest BCUT2D eigenvalue weighted by Gasteiger charge is -2.14. The molecule has 0 aromatic heterocycles. The van der Waals surface area contributed by atoms with E-state index in [0.29, 0.717) is 11.7 Å². The third-order valence-electron chi connectivity index (χ3n) is 1.55. The molecule has 1 N–H and O–H groups in total. The van der Waals surface area contributed by atoms with Gasteiger partial charge in [0, 0.05) is 6.54 Å². The molecule has 1 aliphatic heterocycles. The van der Waals surface area contributed by atoms with Crippen LogP contribution in [0.1, 0.15) is 6.92 Å². The second-order valence-corrected chi connectivity index (χ2v) is 2.16. The summed E-state index contributed by atoms with van der Waals surface area (Å²) in [6.45, 7) is 5.55. The van der Waals surface area contributed by atoms with Crippen LogP contribution in [-0.2, 0) is 0 Å². The van der Waals surface area contributed by atoms with Gasteiger partial charge in [0.25, 0.3) is 0 Å².